The largest absolute Gasteiger partial charge is 0.394 e. The summed E-state index contributed by atoms with van der Waals surface area (Å²) in [4.78, 5) is 18.4. The maximum Gasteiger partial charge on any atom is 0.256 e. The maximum atomic E-state index is 12.6. The number of carbonyl (C=O) groups excluding carboxylic acids is 1. The molecule has 2 rings (SSSR count). The van der Waals surface area contributed by atoms with Gasteiger partial charge >= 0.3 is 0 Å². The Morgan fingerprint density at radius 1 is 1.60 bits per heavy atom. The monoisotopic (exact) mass is 279 g/mol. The van der Waals surface area contributed by atoms with Gasteiger partial charge in [-0.1, -0.05) is 0 Å². The summed E-state index contributed by atoms with van der Waals surface area (Å²) in [6.07, 6.45) is 2.88. The van der Waals surface area contributed by atoms with Crippen LogP contribution in [0.1, 0.15) is 24.2 Å². The van der Waals surface area contributed by atoms with Crippen molar-refractivity contribution in [2.45, 2.75) is 26.1 Å². The summed E-state index contributed by atoms with van der Waals surface area (Å²) in [6, 6.07) is 1.72. The van der Waals surface area contributed by atoms with E-state index >= 15 is 0 Å². The summed E-state index contributed by atoms with van der Waals surface area (Å²) < 4.78 is 5.56. The molecule has 1 aliphatic rings. The van der Waals surface area contributed by atoms with Gasteiger partial charge in [0.15, 0.2) is 0 Å². The second-order valence-electron chi connectivity index (χ2n) is 4.91. The van der Waals surface area contributed by atoms with Gasteiger partial charge in [-0.25, -0.2) is 0 Å². The SMILES string of the molecule is CCNc1cnccc1C(=O)N1CC(C)OC(CO)C1. The second-order valence-corrected chi connectivity index (χ2v) is 4.91. The van der Waals surface area contributed by atoms with Crippen molar-refractivity contribution in [1.82, 2.24) is 9.88 Å². The number of hydrogen-bond donors (Lipinski definition) is 2. The quantitative estimate of drug-likeness (QED) is 0.850. The first-order valence-corrected chi connectivity index (χ1v) is 6.89. The number of anilines is 1. The molecule has 1 amide bonds. The molecule has 0 saturated carbocycles. The van der Waals surface area contributed by atoms with E-state index < -0.39 is 0 Å². The minimum atomic E-state index is -0.313. The molecule has 6 heteroatoms. The lowest BCUT2D eigenvalue weighted by atomic mass is 10.1. The molecule has 20 heavy (non-hydrogen) atoms. The Hall–Kier alpha value is -1.66. The smallest absolute Gasteiger partial charge is 0.256 e. The summed E-state index contributed by atoms with van der Waals surface area (Å²) in [5.74, 6) is -0.0584. The minimum Gasteiger partial charge on any atom is -0.394 e. The Morgan fingerprint density at radius 3 is 3.10 bits per heavy atom. The fourth-order valence-corrected chi connectivity index (χ4v) is 2.39. The lowest BCUT2D eigenvalue weighted by Crippen LogP contribution is -2.50. The number of pyridine rings is 1. The highest BCUT2D eigenvalue weighted by Gasteiger charge is 2.29. The number of aromatic nitrogens is 1. The van der Waals surface area contributed by atoms with Crippen LogP contribution in [-0.2, 0) is 4.74 Å². The maximum absolute atomic E-state index is 12.6. The van der Waals surface area contributed by atoms with Gasteiger partial charge in [0.2, 0.25) is 0 Å². The molecule has 1 saturated heterocycles. The number of nitrogens with one attached hydrogen (secondary N) is 1. The van der Waals surface area contributed by atoms with E-state index in [4.69, 9.17) is 4.74 Å². The number of ether oxygens (including phenoxy) is 1. The van der Waals surface area contributed by atoms with E-state index in [0.717, 1.165) is 12.2 Å². The summed E-state index contributed by atoms with van der Waals surface area (Å²) >= 11 is 0. The number of morpholine rings is 1. The van der Waals surface area contributed by atoms with Gasteiger partial charge in [-0.15, -0.1) is 0 Å². The van der Waals surface area contributed by atoms with Crippen molar-refractivity contribution in [2.75, 3.05) is 31.6 Å². The average Bonchev–Trinajstić information content (AvgIpc) is 2.46. The molecule has 0 bridgehead atoms. The second kappa shape index (κ2) is 6.67. The van der Waals surface area contributed by atoms with Crippen LogP contribution < -0.4 is 5.32 Å². The van der Waals surface area contributed by atoms with Crippen molar-refractivity contribution in [1.29, 1.82) is 0 Å². The number of nitrogens with zero attached hydrogens (tertiary/aromatic N) is 2. The molecule has 110 valence electrons. The van der Waals surface area contributed by atoms with Crippen LogP contribution >= 0.6 is 0 Å². The zero-order chi connectivity index (χ0) is 14.5. The van der Waals surface area contributed by atoms with E-state index in [1.165, 1.54) is 0 Å². The highest BCUT2D eigenvalue weighted by atomic mass is 16.5. The molecular formula is C14H21N3O3. The van der Waals surface area contributed by atoms with E-state index in [1.54, 1.807) is 23.4 Å². The standard InChI is InChI=1S/C14H21N3O3/c1-3-16-13-6-15-5-4-12(13)14(19)17-7-10(2)20-11(8-17)9-18/h4-6,10-11,16,18H,3,7-9H2,1-2H3. The molecule has 0 aromatic carbocycles. The van der Waals surface area contributed by atoms with E-state index in [-0.39, 0.29) is 24.7 Å². The molecule has 2 unspecified atom stereocenters. The molecule has 1 aromatic rings. The summed E-state index contributed by atoms with van der Waals surface area (Å²) in [6.45, 7) is 5.46. The van der Waals surface area contributed by atoms with Crippen molar-refractivity contribution >= 4 is 11.6 Å². The first-order valence-electron chi connectivity index (χ1n) is 6.89. The fourth-order valence-electron chi connectivity index (χ4n) is 2.39. The van der Waals surface area contributed by atoms with Crippen molar-refractivity contribution in [3.63, 3.8) is 0 Å². The Balaban J connectivity index is 2.18. The average molecular weight is 279 g/mol. The molecule has 0 aliphatic carbocycles. The van der Waals surface area contributed by atoms with E-state index in [1.807, 2.05) is 13.8 Å². The number of hydrogen-bond acceptors (Lipinski definition) is 5. The van der Waals surface area contributed by atoms with E-state index in [9.17, 15) is 9.90 Å². The lowest BCUT2D eigenvalue weighted by Gasteiger charge is -2.36. The number of aliphatic hydroxyl groups is 1. The summed E-state index contributed by atoms with van der Waals surface area (Å²) in [5, 5.41) is 12.4. The first-order chi connectivity index (χ1) is 9.65. The van der Waals surface area contributed by atoms with Gasteiger partial charge in [-0.2, -0.15) is 0 Å². The highest BCUT2D eigenvalue weighted by molar-refractivity contribution is 5.99. The zero-order valence-corrected chi connectivity index (χ0v) is 11.9. The van der Waals surface area contributed by atoms with Crippen LogP contribution in [0.5, 0.6) is 0 Å². The number of carbonyl (C=O) groups is 1. The summed E-state index contributed by atoms with van der Waals surface area (Å²) in [7, 11) is 0. The Morgan fingerprint density at radius 2 is 2.40 bits per heavy atom. The molecule has 2 atom stereocenters. The molecule has 1 aliphatic heterocycles. The number of amides is 1. The summed E-state index contributed by atoms with van der Waals surface area (Å²) in [5.41, 5.74) is 1.34. The van der Waals surface area contributed by atoms with Crippen molar-refractivity contribution in [3.8, 4) is 0 Å². The predicted molar refractivity (Wildman–Crippen MR) is 75.7 cm³/mol. The third-order valence-electron chi connectivity index (χ3n) is 3.24. The van der Waals surface area contributed by atoms with Crippen molar-refractivity contribution in [3.05, 3.63) is 24.0 Å². The third kappa shape index (κ3) is 3.26. The van der Waals surface area contributed by atoms with E-state index in [0.29, 0.717) is 18.7 Å². The topological polar surface area (TPSA) is 74.7 Å². The van der Waals surface area contributed by atoms with Gasteiger partial charge in [-0.3, -0.25) is 9.78 Å². The fraction of sp³-hybridized carbons (Fsp3) is 0.571. The molecular weight excluding hydrogens is 258 g/mol. The Bertz CT molecular complexity index is 467. The molecule has 2 heterocycles. The molecule has 0 radical (unpaired) electrons. The lowest BCUT2D eigenvalue weighted by molar-refractivity contribution is -0.0858. The molecule has 1 aromatic heterocycles. The zero-order valence-electron chi connectivity index (χ0n) is 11.9. The van der Waals surface area contributed by atoms with Crippen LogP contribution in [-0.4, -0.2) is 59.3 Å². The molecule has 6 nitrogen and oxygen atoms in total. The number of aliphatic hydroxyl groups excluding tert-OH is 1. The van der Waals surface area contributed by atoms with Crippen LogP contribution in [0.2, 0.25) is 0 Å². The van der Waals surface area contributed by atoms with Crippen LogP contribution in [0.3, 0.4) is 0 Å². The minimum absolute atomic E-state index is 0.0584. The predicted octanol–water partition coefficient (Wildman–Crippen LogP) is 0.735. The van der Waals surface area contributed by atoms with Gasteiger partial charge in [0.1, 0.15) is 0 Å². The Kier molecular flexibility index (Phi) is 4.92. The van der Waals surface area contributed by atoms with Gasteiger partial charge in [-0.05, 0) is 19.9 Å². The van der Waals surface area contributed by atoms with Gasteiger partial charge in [0.05, 0.1) is 36.3 Å². The third-order valence-corrected chi connectivity index (χ3v) is 3.24. The van der Waals surface area contributed by atoms with Gasteiger partial charge in [0.25, 0.3) is 5.91 Å². The molecule has 0 spiro atoms. The molecule has 2 N–H and O–H groups in total. The van der Waals surface area contributed by atoms with E-state index in [2.05, 4.69) is 10.3 Å². The normalized spacial score (nSPS) is 22.6. The Labute approximate surface area is 118 Å². The van der Waals surface area contributed by atoms with Crippen LogP contribution in [0, 0.1) is 0 Å². The highest BCUT2D eigenvalue weighted by Crippen LogP contribution is 2.19. The van der Waals surface area contributed by atoms with Crippen LogP contribution in [0.15, 0.2) is 18.5 Å². The van der Waals surface area contributed by atoms with Crippen molar-refractivity contribution < 1.29 is 14.6 Å². The van der Waals surface area contributed by atoms with Crippen molar-refractivity contribution in [2.24, 2.45) is 0 Å². The number of rotatable bonds is 4. The molecule has 1 fully saturated rings. The van der Waals surface area contributed by atoms with Gasteiger partial charge < -0.3 is 20.1 Å². The van der Waals surface area contributed by atoms with Gasteiger partial charge in [0, 0.05) is 25.8 Å². The van der Waals surface area contributed by atoms with Crippen LogP contribution in [0.25, 0.3) is 0 Å². The van der Waals surface area contributed by atoms with Crippen LogP contribution in [0.4, 0.5) is 5.69 Å². The first kappa shape index (κ1) is 14.7.